The third kappa shape index (κ3) is 4.77. The molecule has 0 bridgehead atoms. The zero-order chi connectivity index (χ0) is 18.7. The molecule has 3 amide bonds. The Balaban J connectivity index is 0.00000261. The zero-order valence-corrected chi connectivity index (χ0v) is 18.2. The fraction of sp³-hybridized carbons (Fsp3) is 0.294. The predicted octanol–water partition coefficient (Wildman–Crippen LogP) is -3.27. The Hall–Kier alpha value is -1.72. The van der Waals surface area contributed by atoms with Gasteiger partial charge in [0.05, 0.1) is 17.9 Å². The fourth-order valence-corrected chi connectivity index (χ4v) is 2.81. The smallest absolute Gasteiger partial charge is 0.547 e. The number of hydrogen-bond acceptors (Lipinski definition) is 5. The first-order valence-corrected chi connectivity index (χ1v) is 8.08. The van der Waals surface area contributed by atoms with Crippen LogP contribution in [-0.2, 0) is 15.1 Å². The molecule has 0 spiro atoms. The Morgan fingerprint density at radius 3 is 2.63 bits per heavy atom. The SMILES string of the molecule is CC(NC(=O)Nc1cnn(C2CCNC2=O)c1)(C(=O)[O-])c1ccccc1.[K+]. The summed E-state index contributed by atoms with van der Waals surface area (Å²) in [4.78, 5) is 35.6. The maximum atomic E-state index is 12.3. The van der Waals surface area contributed by atoms with Crippen LogP contribution in [0, 0.1) is 0 Å². The summed E-state index contributed by atoms with van der Waals surface area (Å²) in [5.74, 6) is -1.56. The number of carboxylic acid groups (broad SMARTS) is 1. The van der Waals surface area contributed by atoms with Crippen LogP contribution in [0.5, 0.6) is 0 Å². The number of rotatable bonds is 5. The van der Waals surface area contributed by atoms with E-state index in [1.165, 1.54) is 24.0 Å². The number of carbonyl (C=O) groups excluding carboxylic acids is 3. The van der Waals surface area contributed by atoms with Crippen LogP contribution >= 0.6 is 0 Å². The number of aromatic nitrogens is 2. The van der Waals surface area contributed by atoms with E-state index in [1.54, 1.807) is 30.3 Å². The minimum Gasteiger partial charge on any atom is -0.547 e. The molecule has 1 aromatic heterocycles. The van der Waals surface area contributed by atoms with Crippen LogP contribution in [0.1, 0.15) is 24.9 Å². The number of carboxylic acids is 1. The maximum absolute atomic E-state index is 12.3. The topological polar surface area (TPSA) is 128 Å². The van der Waals surface area contributed by atoms with E-state index >= 15 is 0 Å². The van der Waals surface area contributed by atoms with E-state index in [4.69, 9.17) is 0 Å². The predicted molar refractivity (Wildman–Crippen MR) is 89.8 cm³/mol. The summed E-state index contributed by atoms with van der Waals surface area (Å²) in [5.41, 5.74) is -0.975. The van der Waals surface area contributed by atoms with Crippen molar-refractivity contribution < 1.29 is 70.9 Å². The van der Waals surface area contributed by atoms with Crippen molar-refractivity contribution in [2.75, 3.05) is 11.9 Å². The minimum atomic E-state index is -1.70. The van der Waals surface area contributed by atoms with Gasteiger partial charge in [0.25, 0.3) is 0 Å². The quantitative estimate of drug-likeness (QED) is 0.458. The summed E-state index contributed by atoms with van der Waals surface area (Å²) in [6.45, 7) is 1.93. The van der Waals surface area contributed by atoms with Crippen molar-refractivity contribution in [3.8, 4) is 0 Å². The second-order valence-corrected chi connectivity index (χ2v) is 6.16. The van der Waals surface area contributed by atoms with E-state index < -0.39 is 23.6 Å². The van der Waals surface area contributed by atoms with Gasteiger partial charge in [-0.15, -0.1) is 0 Å². The summed E-state index contributed by atoms with van der Waals surface area (Å²) >= 11 is 0. The first-order chi connectivity index (χ1) is 12.4. The van der Waals surface area contributed by atoms with Crippen LogP contribution in [0.15, 0.2) is 42.7 Å². The number of anilines is 1. The number of nitrogens with zero attached hydrogens (tertiary/aromatic N) is 2. The van der Waals surface area contributed by atoms with Crippen LogP contribution in [0.4, 0.5) is 10.5 Å². The molecule has 10 heteroatoms. The molecule has 1 saturated heterocycles. The molecule has 3 rings (SSSR count). The second-order valence-electron chi connectivity index (χ2n) is 6.16. The molecule has 27 heavy (non-hydrogen) atoms. The molecule has 1 fully saturated rings. The summed E-state index contributed by atoms with van der Waals surface area (Å²) in [6, 6.07) is 7.13. The van der Waals surface area contributed by atoms with Gasteiger partial charge in [-0.05, 0) is 18.9 Å². The Morgan fingerprint density at radius 2 is 2.04 bits per heavy atom. The third-order valence-corrected chi connectivity index (χ3v) is 4.32. The fourth-order valence-electron chi connectivity index (χ4n) is 2.81. The molecule has 1 aliphatic rings. The van der Waals surface area contributed by atoms with Crippen molar-refractivity contribution >= 4 is 23.6 Å². The molecular formula is C17H18KN5O4. The normalized spacial score (nSPS) is 18.0. The molecule has 2 unspecified atom stereocenters. The van der Waals surface area contributed by atoms with Gasteiger partial charge in [-0.1, -0.05) is 30.3 Å². The molecule has 1 aromatic carbocycles. The van der Waals surface area contributed by atoms with Crippen molar-refractivity contribution in [2.45, 2.75) is 24.9 Å². The van der Waals surface area contributed by atoms with Gasteiger partial charge in [0, 0.05) is 12.7 Å². The summed E-state index contributed by atoms with van der Waals surface area (Å²) in [6.07, 6.45) is 3.53. The maximum Gasteiger partial charge on any atom is 1.00 e. The van der Waals surface area contributed by atoms with E-state index in [0.29, 0.717) is 24.2 Å². The van der Waals surface area contributed by atoms with Crippen molar-refractivity contribution in [2.24, 2.45) is 0 Å². The van der Waals surface area contributed by atoms with Crippen molar-refractivity contribution in [3.63, 3.8) is 0 Å². The van der Waals surface area contributed by atoms with Crippen LogP contribution in [-0.4, -0.2) is 34.2 Å². The van der Waals surface area contributed by atoms with E-state index in [1.807, 2.05) is 0 Å². The molecular weight excluding hydrogens is 377 g/mol. The van der Waals surface area contributed by atoms with Crippen LogP contribution in [0.3, 0.4) is 0 Å². The summed E-state index contributed by atoms with van der Waals surface area (Å²) < 4.78 is 1.47. The second kappa shape index (κ2) is 8.98. The van der Waals surface area contributed by atoms with Gasteiger partial charge in [-0.3, -0.25) is 9.48 Å². The van der Waals surface area contributed by atoms with Gasteiger partial charge >= 0.3 is 57.4 Å². The molecule has 2 heterocycles. The van der Waals surface area contributed by atoms with Crippen LogP contribution in [0.2, 0.25) is 0 Å². The Kier molecular flexibility index (Phi) is 7.17. The Labute approximate surface area is 198 Å². The third-order valence-electron chi connectivity index (χ3n) is 4.32. The number of amides is 3. The Morgan fingerprint density at radius 1 is 1.33 bits per heavy atom. The van der Waals surface area contributed by atoms with Gasteiger partial charge < -0.3 is 25.9 Å². The van der Waals surface area contributed by atoms with Crippen molar-refractivity contribution in [1.29, 1.82) is 0 Å². The van der Waals surface area contributed by atoms with E-state index in [9.17, 15) is 19.5 Å². The average Bonchev–Trinajstić information content (AvgIpc) is 3.23. The molecule has 0 radical (unpaired) electrons. The Bertz CT molecular complexity index is 841. The molecule has 1 aliphatic heterocycles. The van der Waals surface area contributed by atoms with Crippen molar-refractivity contribution in [3.05, 3.63) is 48.3 Å². The van der Waals surface area contributed by atoms with Gasteiger partial charge in [-0.2, -0.15) is 5.10 Å². The number of benzene rings is 1. The average molecular weight is 395 g/mol. The first kappa shape index (κ1) is 21.6. The summed E-state index contributed by atoms with van der Waals surface area (Å²) in [7, 11) is 0. The standard InChI is InChI=1S/C17H19N5O4.K/c1-17(15(24)25,11-5-3-2-4-6-11)21-16(26)20-12-9-19-22(10-12)13-7-8-18-14(13)23;/h2-6,9-10,13H,7-8H2,1H3,(H,18,23)(H,24,25)(H2,20,21,26);/q;+1/p-1. The van der Waals surface area contributed by atoms with E-state index in [-0.39, 0.29) is 57.3 Å². The number of hydrogen-bond donors (Lipinski definition) is 3. The van der Waals surface area contributed by atoms with Gasteiger partial charge in [0.2, 0.25) is 5.91 Å². The van der Waals surface area contributed by atoms with Crippen LogP contribution < -0.4 is 72.4 Å². The number of aliphatic carboxylic acids is 1. The van der Waals surface area contributed by atoms with Gasteiger partial charge in [-0.25, -0.2) is 4.79 Å². The molecule has 3 N–H and O–H groups in total. The molecule has 136 valence electrons. The first-order valence-electron chi connectivity index (χ1n) is 8.08. The number of urea groups is 1. The van der Waals surface area contributed by atoms with Crippen molar-refractivity contribution in [1.82, 2.24) is 20.4 Å². The monoisotopic (exact) mass is 395 g/mol. The minimum absolute atomic E-state index is 0. The number of nitrogens with one attached hydrogen (secondary N) is 3. The largest absolute Gasteiger partial charge is 1.00 e. The summed E-state index contributed by atoms with van der Waals surface area (Å²) in [5, 5.41) is 23.3. The molecule has 9 nitrogen and oxygen atoms in total. The molecule has 2 atom stereocenters. The van der Waals surface area contributed by atoms with Gasteiger partial charge in [0.1, 0.15) is 11.6 Å². The molecule has 0 saturated carbocycles. The van der Waals surface area contributed by atoms with E-state index in [0.717, 1.165) is 0 Å². The van der Waals surface area contributed by atoms with E-state index in [2.05, 4.69) is 21.0 Å². The van der Waals surface area contributed by atoms with Crippen LogP contribution in [0.25, 0.3) is 0 Å². The number of carbonyl (C=O) groups is 3. The zero-order valence-electron chi connectivity index (χ0n) is 15.1. The molecule has 2 aromatic rings. The van der Waals surface area contributed by atoms with Gasteiger partial charge in [0.15, 0.2) is 0 Å². The molecule has 0 aliphatic carbocycles.